The lowest BCUT2D eigenvalue weighted by molar-refractivity contribution is -0.285. The van der Waals surface area contributed by atoms with Gasteiger partial charge in [0.15, 0.2) is 10.9 Å². The van der Waals surface area contributed by atoms with Crippen molar-refractivity contribution in [1.82, 2.24) is 10.6 Å². The van der Waals surface area contributed by atoms with Gasteiger partial charge in [-0.15, -0.1) is 11.3 Å². The van der Waals surface area contributed by atoms with Crippen LogP contribution in [0, 0.1) is 5.92 Å². The third-order valence-electron chi connectivity index (χ3n) is 4.10. The second kappa shape index (κ2) is 6.53. The zero-order chi connectivity index (χ0) is 19.1. The number of thiocarbonyl (C=S) groups is 1. The molecule has 2 heterocycles. The van der Waals surface area contributed by atoms with Gasteiger partial charge in [0.05, 0.1) is 10.9 Å². The largest absolute Gasteiger partial charge is 0.508 e. The first-order valence-corrected chi connectivity index (χ1v) is 8.66. The number of carbonyl (C=O) groups excluding carboxylic acids is 1. The van der Waals surface area contributed by atoms with Crippen LogP contribution in [0.4, 0.5) is 13.2 Å². The fourth-order valence-electron chi connectivity index (χ4n) is 2.87. The standard InChI is InChI=1S/C16H13F3N2O3S2/c17-16(18,19)15(24)11(13(23)10-2-1-7-26-10)12(20-14(25)21-15)8-3-5-9(22)6-4-8/h1-7,11-12,22,24H,(H2,20,21,25)/t11-,12+,15+/m0/s1. The average Bonchev–Trinajstić information content (AvgIpc) is 3.08. The Morgan fingerprint density at radius 3 is 2.42 bits per heavy atom. The minimum absolute atomic E-state index is 0.0814. The van der Waals surface area contributed by atoms with E-state index in [0.29, 0.717) is 0 Å². The van der Waals surface area contributed by atoms with Gasteiger partial charge in [-0.1, -0.05) is 18.2 Å². The van der Waals surface area contributed by atoms with Gasteiger partial charge in [0, 0.05) is 0 Å². The zero-order valence-corrected chi connectivity index (χ0v) is 14.6. The van der Waals surface area contributed by atoms with Crippen LogP contribution in [-0.2, 0) is 0 Å². The predicted octanol–water partition coefficient (Wildman–Crippen LogP) is 2.72. The lowest BCUT2D eigenvalue weighted by Gasteiger charge is -2.46. The van der Waals surface area contributed by atoms with E-state index in [0.717, 1.165) is 11.3 Å². The number of phenolic OH excluding ortho intramolecular Hbond substituents is 1. The molecule has 10 heteroatoms. The second-order valence-corrected chi connectivity index (χ2v) is 7.11. The first kappa shape index (κ1) is 18.6. The summed E-state index contributed by atoms with van der Waals surface area (Å²) in [6.45, 7) is 0. The fraction of sp³-hybridized carbons (Fsp3) is 0.250. The SMILES string of the molecule is O=C(c1cccs1)[C@@H]1[C@@H](c2ccc(O)cc2)NC(=S)N[C@]1(O)C(F)(F)F. The number of hydrogen-bond acceptors (Lipinski definition) is 5. The van der Waals surface area contributed by atoms with Crippen molar-refractivity contribution in [2.45, 2.75) is 17.9 Å². The van der Waals surface area contributed by atoms with Gasteiger partial charge in [-0.05, 0) is 41.4 Å². The van der Waals surface area contributed by atoms with Gasteiger partial charge in [0.2, 0.25) is 5.72 Å². The maximum absolute atomic E-state index is 13.7. The molecule has 1 aliphatic rings. The number of benzene rings is 1. The molecule has 5 nitrogen and oxygen atoms in total. The van der Waals surface area contributed by atoms with Crippen molar-refractivity contribution in [2.75, 3.05) is 0 Å². The van der Waals surface area contributed by atoms with Gasteiger partial charge in [-0.2, -0.15) is 13.2 Å². The van der Waals surface area contributed by atoms with E-state index in [1.807, 2.05) is 5.32 Å². The molecule has 1 saturated heterocycles. The normalized spacial score (nSPS) is 26.1. The molecule has 1 fully saturated rings. The summed E-state index contributed by atoms with van der Waals surface area (Å²) in [5, 5.41) is 25.5. The van der Waals surface area contributed by atoms with Crippen molar-refractivity contribution in [3.63, 3.8) is 0 Å². The highest BCUT2D eigenvalue weighted by Gasteiger charge is 2.65. The molecule has 1 aromatic heterocycles. The lowest BCUT2D eigenvalue weighted by Crippen LogP contribution is -2.72. The maximum atomic E-state index is 13.7. The molecule has 1 aliphatic heterocycles. The number of carbonyl (C=O) groups is 1. The molecule has 26 heavy (non-hydrogen) atoms. The molecule has 0 bridgehead atoms. The molecule has 0 aliphatic carbocycles. The number of alkyl halides is 3. The van der Waals surface area contributed by atoms with Crippen molar-refractivity contribution >= 4 is 34.5 Å². The Bertz CT molecular complexity index is 824. The molecule has 138 valence electrons. The number of nitrogens with one attached hydrogen (secondary N) is 2. The number of halogens is 3. The first-order chi connectivity index (χ1) is 12.1. The van der Waals surface area contributed by atoms with E-state index in [1.165, 1.54) is 36.4 Å². The van der Waals surface area contributed by atoms with Gasteiger partial charge >= 0.3 is 6.18 Å². The molecule has 3 rings (SSSR count). The number of Topliss-reactive ketones (excluding diaryl/α,β-unsaturated/α-hetero) is 1. The van der Waals surface area contributed by atoms with Crippen LogP contribution in [0.25, 0.3) is 0 Å². The molecular weight excluding hydrogens is 389 g/mol. The number of rotatable bonds is 3. The highest BCUT2D eigenvalue weighted by Crippen LogP contribution is 2.44. The summed E-state index contributed by atoms with van der Waals surface area (Å²) in [7, 11) is 0. The minimum Gasteiger partial charge on any atom is -0.508 e. The predicted molar refractivity (Wildman–Crippen MR) is 92.9 cm³/mol. The Morgan fingerprint density at radius 2 is 1.88 bits per heavy atom. The highest BCUT2D eigenvalue weighted by molar-refractivity contribution is 7.80. The summed E-state index contributed by atoms with van der Waals surface area (Å²) < 4.78 is 41.1. The van der Waals surface area contributed by atoms with E-state index in [9.17, 15) is 28.2 Å². The number of ketones is 1. The summed E-state index contributed by atoms with van der Waals surface area (Å²) in [6.07, 6.45) is -5.16. The third kappa shape index (κ3) is 3.15. The van der Waals surface area contributed by atoms with Crippen molar-refractivity contribution < 1.29 is 28.2 Å². The maximum Gasteiger partial charge on any atom is 0.437 e. The molecule has 0 saturated carbocycles. The van der Waals surface area contributed by atoms with E-state index >= 15 is 0 Å². The van der Waals surface area contributed by atoms with E-state index < -0.39 is 34.8 Å². The van der Waals surface area contributed by atoms with Crippen molar-refractivity contribution in [3.8, 4) is 5.75 Å². The topological polar surface area (TPSA) is 81.6 Å². The van der Waals surface area contributed by atoms with E-state index in [2.05, 4.69) is 5.32 Å². The molecule has 4 N–H and O–H groups in total. The highest BCUT2D eigenvalue weighted by atomic mass is 32.1. The molecule has 3 atom stereocenters. The van der Waals surface area contributed by atoms with Crippen molar-refractivity contribution in [1.29, 1.82) is 0 Å². The number of hydrogen-bond donors (Lipinski definition) is 4. The molecule has 0 radical (unpaired) electrons. The number of thiophene rings is 1. The number of aromatic hydroxyl groups is 1. The Labute approximate surface area is 155 Å². The van der Waals surface area contributed by atoms with Crippen LogP contribution in [-0.4, -0.2) is 33.0 Å². The van der Waals surface area contributed by atoms with Crippen LogP contribution in [0.2, 0.25) is 0 Å². The molecule has 0 amide bonds. The van der Waals surface area contributed by atoms with Crippen LogP contribution < -0.4 is 10.6 Å². The fourth-order valence-corrected chi connectivity index (χ4v) is 3.86. The van der Waals surface area contributed by atoms with Gasteiger partial charge in [0.25, 0.3) is 0 Å². The summed E-state index contributed by atoms with van der Waals surface area (Å²) in [4.78, 5) is 12.9. The van der Waals surface area contributed by atoms with Crippen LogP contribution in [0.1, 0.15) is 21.3 Å². The van der Waals surface area contributed by atoms with Crippen LogP contribution in [0.5, 0.6) is 5.75 Å². The summed E-state index contributed by atoms with van der Waals surface area (Å²) in [6, 6.07) is 6.98. The number of phenols is 1. The molecule has 0 unspecified atom stereocenters. The third-order valence-corrected chi connectivity index (χ3v) is 5.21. The van der Waals surface area contributed by atoms with E-state index in [1.54, 1.807) is 5.38 Å². The van der Waals surface area contributed by atoms with Crippen LogP contribution >= 0.6 is 23.6 Å². The van der Waals surface area contributed by atoms with Gasteiger partial charge < -0.3 is 20.8 Å². The number of aliphatic hydroxyl groups is 1. The Hall–Kier alpha value is -2.17. The monoisotopic (exact) mass is 402 g/mol. The zero-order valence-electron chi connectivity index (χ0n) is 12.9. The molecular formula is C16H13F3N2O3S2. The lowest BCUT2D eigenvalue weighted by atomic mass is 9.79. The minimum atomic E-state index is -5.16. The molecule has 1 aromatic carbocycles. The van der Waals surface area contributed by atoms with Crippen LogP contribution in [0.15, 0.2) is 41.8 Å². The van der Waals surface area contributed by atoms with Gasteiger partial charge in [-0.25, -0.2) is 0 Å². The van der Waals surface area contributed by atoms with E-state index in [4.69, 9.17) is 12.2 Å². The van der Waals surface area contributed by atoms with Crippen LogP contribution in [0.3, 0.4) is 0 Å². The van der Waals surface area contributed by atoms with Crippen molar-refractivity contribution in [3.05, 3.63) is 52.2 Å². The average molecular weight is 402 g/mol. The quantitative estimate of drug-likeness (QED) is 0.467. The molecule has 2 aromatic rings. The Morgan fingerprint density at radius 1 is 1.23 bits per heavy atom. The smallest absolute Gasteiger partial charge is 0.437 e. The Balaban J connectivity index is 2.14. The summed E-state index contributed by atoms with van der Waals surface area (Å²) in [5.74, 6) is -2.89. The summed E-state index contributed by atoms with van der Waals surface area (Å²) in [5.41, 5.74) is -3.27. The summed E-state index contributed by atoms with van der Waals surface area (Å²) >= 11 is 5.81. The molecule has 0 spiro atoms. The first-order valence-electron chi connectivity index (χ1n) is 7.38. The van der Waals surface area contributed by atoms with Gasteiger partial charge in [-0.3, -0.25) is 4.79 Å². The van der Waals surface area contributed by atoms with Crippen molar-refractivity contribution in [2.24, 2.45) is 5.92 Å². The van der Waals surface area contributed by atoms with E-state index in [-0.39, 0.29) is 16.2 Å². The second-order valence-electron chi connectivity index (χ2n) is 5.75. The van der Waals surface area contributed by atoms with Gasteiger partial charge in [0.1, 0.15) is 11.7 Å². The Kier molecular flexibility index (Phi) is 4.67.